The Balaban J connectivity index is 2.04. The number of rotatable bonds is 1. The molecule has 1 aromatic heterocycles. The van der Waals surface area contributed by atoms with Crippen LogP contribution >= 0.6 is 0 Å². The van der Waals surface area contributed by atoms with Crippen molar-refractivity contribution in [2.75, 3.05) is 31.1 Å². The standard InChI is InChI=1S/C13H20N4O/c1-9-7-13(2,18)11-10(9)12(16-8-15-11)17-5-3-14-4-6-17/h8-9,14,18H,3-7H2,1-2H3/t9-,13?/m1/s1. The van der Waals surface area contributed by atoms with Gasteiger partial charge in [-0.1, -0.05) is 6.92 Å². The molecule has 2 atom stereocenters. The molecule has 2 aliphatic rings. The van der Waals surface area contributed by atoms with Crippen molar-refractivity contribution in [1.82, 2.24) is 15.3 Å². The lowest BCUT2D eigenvalue weighted by Gasteiger charge is -2.30. The van der Waals surface area contributed by atoms with Gasteiger partial charge in [-0.2, -0.15) is 0 Å². The summed E-state index contributed by atoms with van der Waals surface area (Å²) in [5.41, 5.74) is 1.16. The van der Waals surface area contributed by atoms with Gasteiger partial charge in [-0.05, 0) is 19.3 Å². The highest BCUT2D eigenvalue weighted by molar-refractivity contribution is 5.54. The second-order valence-corrected chi connectivity index (χ2v) is 5.58. The van der Waals surface area contributed by atoms with Crippen molar-refractivity contribution in [3.8, 4) is 0 Å². The van der Waals surface area contributed by atoms with Crippen molar-refractivity contribution in [3.05, 3.63) is 17.6 Å². The first kappa shape index (κ1) is 11.9. The van der Waals surface area contributed by atoms with Gasteiger partial charge in [0.25, 0.3) is 0 Å². The van der Waals surface area contributed by atoms with Gasteiger partial charge >= 0.3 is 0 Å². The smallest absolute Gasteiger partial charge is 0.135 e. The summed E-state index contributed by atoms with van der Waals surface area (Å²) in [5.74, 6) is 1.34. The minimum absolute atomic E-state index is 0.320. The molecule has 0 aromatic carbocycles. The highest BCUT2D eigenvalue weighted by Gasteiger charge is 2.41. The number of anilines is 1. The van der Waals surface area contributed by atoms with Crippen LogP contribution in [0.3, 0.4) is 0 Å². The van der Waals surface area contributed by atoms with Crippen molar-refractivity contribution < 1.29 is 5.11 Å². The Labute approximate surface area is 107 Å². The predicted molar refractivity (Wildman–Crippen MR) is 69.7 cm³/mol. The van der Waals surface area contributed by atoms with E-state index < -0.39 is 5.60 Å². The lowest BCUT2D eigenvalue weighted by atomic mass is 10.0. The third kappa shape index (κ3) is 1.78. The van der Waals surface area contributed by atoms with Gasteiger partial charge in [0.15, 0.2) is 0 Å². The largest absolute Gasteiger partial charge is 0.384 e. The van der Waals surface area contributed by atoms with Gasteiger partial charge < -0.3 is 15.3 Å². The summed E-state index contributed by atoms with van der Waals surface area (Å²) in [7, 11) is 0. The van der Waals surface area contributed by atoms with Crippen molar-refractivity contribution >= 4 is 5.82 Å². The average Bonchev–Trinajstić information content (AvgIpc) is 2.61. The van der Waals surface area contributed by atoms with Crippen LogP contribution in [0.4, 0.5) is 5.82 Å². The van der Waals surface area contributed by atoms with Crippen LogP contribution in [0.5, 0.6) is 0 Å². The first-order chi connectivity index (χ1) is 8.59. The fourth-order valence-corrected chi connectivity index (χ4v) is 3.19. The maximum absolute atomic E-state index is 10.4. The molecular weight excluding hydrogens is 228 g/mol. The van der Waals surface area contributed by atoms with Crippen LogP contribution < -0.4 is 10.2 Å². The number of hydrogen-bond donors (Lipinski definition) is 2. The van der Waals surface area contributed by atoms with Crippen molar-refractivity contribution in [2.24, 2.45) is 0 Å². The molecule has 18 heavy (non-hydrogen) atoms. The van der Waals surface area contributed by atoms with Crippen molar-refractivity contribution in [2.45, 2.75) is 31.8 Å². The molecule has 3 rings (SSSR count). The van der Waals surface area contributed by atoms with Crippen LogP contribution in [-0.2, 0) is 5.60 Å². The highest BCUT2D eigenvalue weighted by Crippen LogP contribution is 2.46. The monoisotopic (exact) mass is 248 g/mol. The van der Waals surface area contributed by atoms with Crippen LogP contribution in [-0.4, -0.2) is 41.3 Å². The molecular formula is C13H20N4O. The molecule has 0 bridgehead atoms. The third-order valence-electron chi connectivity index (χ3n) is 3.99. The zero-order chi connectivity index (χ0) is 12.8. The zero-order valence-corrected chi connectivity index (χ0v) is 11.0. The quantitative estimate of drug-likeness (QED) is 0.762. The number of nitrogens with zero attached hydrogens (tertiary/aromatic N) is 3. The van der Waals surface area contributed by atoms with Crippen molar-refractivity contribution in [3.63, 3.8) is 0 Å². The van der Waals surface area contributed by atoms with Gasteiger partial charge in [-0.25, -0.2) is 9.97 Å². The average molecular weight is 248 g/mol. The second kappa shape index (κ2) is 4.17. The molecule has 1 unspecified atom stereocenters. The highest BCUT2D eigenvalue weighted by atomic mass is 16.3. The number of hydrogen-bond acceptors (Lipinski definition) is 5. The summed E-state index contributed by atoms with van der Waals surface area (Å²) in [6.07, 6.45) is 2.32. The molecule has 5 heteroatoms. The van der Waals surface area contributed by atoms with Crippen LogP contribution in [0.25, 0.3) is 0 Å². The Morgan fingerprint density at radius 3 is 2.83 bits per heavy atom. The Hall–Kier alpha value is -1.20. The molecule has 1 aliphatic heterocycles. The van der Waals surface area contributed by atoms with Gasteiger partial charge in [0, 0.05) is 31.7 Å². The first-order valence-electron chi connectivity index (χ1n) is 6.63. The zero-order valence-electron chi connectivity index (χ0n) is 11.0. The number of aliphatic hydroxyl groups is 1. The molecule has 0 radical (unpaired) electrons. The van der Waals surface area contributed by atoms with E-state index in [1.165, 1.54) is 0 Å². The molecule has 2 N–H and O–H groups in total. The Kier molecular flexibility index (Phi) is 2.75. The maximum Gasteiger partial charge on any atom is 0.135 e. The van der Waals surface area contributed by atoms with Gasteiger partial charge in [-0.15, -0.1) is 0 Å². The van der Waals surface area contributed by atoms with Gasteiger partial charge in [0.05, 0.1) is 5.69 Å². The number of fused-ring (bicyclic) bond motifs is 1. The molecule has 0 spiro atoms. The van der Waals surface area contributed by atoms with E-state index in [2.05, 4.69) is 27.1 Å². The van der Waals surface area contributed by atoms with Crippen LogP contribution in [0.1, 0.15) is 37.4 Å². The second-order valence-electron chi connectivity index (χ2n) is 5.58. The van der Waals surface area contributed by atoms with Crippen LogP contribution in [0, 0.1) is 0 Å². The fourth-order valence-electron chi connectivity index (χ4n) is 3.19. The lowest BCUT2D eigenvalue weighted by Crippen LogP contribution is -2.44. The van der Waals surface area contributed by atoms with E-state index in [-0.39, 0.29) is 0 Å². The normalized spacial score (nSPS) is 31.5. The molecule has 0 amide bonds. The fraction of sp³-hybridized carbons (Fsp3) is 0.692. The number of aromatic nitrogens is 2. The summed E-state index contributed by atoms with van der Waals surface area (Å²) in [6, 6.07) is 0. The predicted octanol–water partition coefficient (Wildman–Crippen LogP) is 0.601. The summed E-state index contributed by atoms with van der Waals surface area (Å²) < 4.78 is 0. The number of piperazine rings is 1. The third-order valence-corrected chi connectivity index (χ3v) is 3.99. The Bertz CT molecular complexity index is 454. The molecule has 5 nitrogen and oxygen atoms in total. The summed E-state index contributed by atoms with van der Waals surface area (Å²) >= 11 is 0. The van der Waals surface area contributed by atoms with Crippen LogP contribution in [0.15, 0.2) is 6.33 Å². The minimum atomic E-state index is -0.805. The van der Waals surface area contributed by atoms with Gasteiger partial charge in [0.1, 0.15) is 17.7 Å². The molecule has 1 fully saturated rings. The van der Waals surface area contributed by atoms with E-state index in [0.717, 1.165) is 49.7 Å². The first-order valence-corrected chi connectivity index (χ1v) is 6.63. The number of nitrogens with one attached hydrogen (secondary N) is 1. The summed E-state index contributed by atoms with van der Waals surface area (Å²) in [6.45, 7) is 7.92. The van der Waals surface area contributed by atoms with E-state index in [9.17, 15) is 5.11 Å². The van der Waals surface area contributed by atoms with E-state index in [1.807, 2.05) is 6.92 Å². The molecule has 1 saturated heterocycles. The van der Waals surface area contributed by atoms with E-state index in [4.69, 9.17) is 0 Å². The summed E-state index contributed by atoms with van der Waals surface area (Å²) in [5, 5.41) is 13.8. The topological polar surface area (TPSA) is 61.3 Å². The lowest BCUT2D eigenvalue weighted by molar-refractivity contribution is 0.0511. The SMILES string of the molecule is C[C@@H]1CC(C)(O)c2ncnc(N3CCNCC3)c21. The van der Waals surface area contributed by atoms with E-state index in [0.29, 0.717) is 5.92 Å². The molecule has 2 heterocycles. The molecule has 1 aromatic rings. The van der Waals surface area contributed by atoms with E-state index >= 15 is 0 Å². The molecule has 0 saturated carbocycles. The maximum atomic E-state index is 10.4. The summed E-state index contributed by atoms with van der Waals surface area (Å²) in [4.78, 5) is 11.1. The van der Waals surface area contributed by atoms with E-state index in [1.54, 1.807) is 6.33 Å². The van der Waals surface area contributed by atoms with Gasteiger partial charge in [0.2, 0.25) is 0 Å². The molecule has 98 valence electrons. The van der Waals surface area contributed by atoms with Gasteiger partial charge in [-0.3, -0.25) is 0 Å². The van der Waals surface area contributed by atoms with Crippen LogP contribution in [0.2, 0.25) is 0 Å². The molecule has 1 aliphatic carbocycles. The minimum Gasteiger partial charge on any atom is -0.384 e. The van der Waals surface area contributed by atoms with Crippen molar-refractivity contribution in [1.29, 1.82) is 0 Å². The Morgan fingerprint density at radius 1 is 1.39 bits per heavy atom. The Morgan fingerprint density at radius 2 is 2.11 bits per heavy atom.